The first-order valence-electron chi connectivity index (χ1n) is 8.17. The zero-order valence-corrected chi connectivity index (χ0v) is 16.2. The zero-order valence-electron chi connectivity index (χ0n) is 14.7. The molecular weight excluding hydrogens is 416 g/mol. The number of hydrogen-bond acceptors (Lipinski definition) is 6. The highest BCUT2D eigenvalue weighted by Gasteiger charge is 2.11. The number of anilines is 1. The van der Waals surface area contributed by atoms with Gasteiger partial charge in [-0.1, -0.05) is 35.1 Å². The molecule has 1 heterocycles. The number of halogens is 1. The topological polar surface area (TPSA) is 114 Å². The van der Waals surface area contributed by atoms with Crippen molar-refractivity contribution in [2.24, 2.45) is 5.10 Å². The van der Waals surface area contributed by atoms with Crippen LogP contribution in [0.2, 0.25) is 5.02 Å². The summed E-state index contributed by atoms with van der Waals surface area (Å²) in [6, 6.07) is 15.8. The van der Waals surface area contributed by atoms with Crippen molar-refractivity contribution in [2.45, 2.75) is 0 Å². The number of nitro groups is 1. The first-order chi connectivity index (χ1) is 13.9. The van der Waals surface area contributed by atoms with Crippen LogP contribution in [0.1, 0.15) is 25.6 Å². The Balaban J connectivity index is 1.58. The highest BCUT2D eigenvalue weighted by atomic mass is 35.5. The molecule has 2 amide bonds. The van der Waals surface area contributed by atoms with E-state index in [2.05, 4.69) is 15.8 Å². The molecule has 2 N–H and O–H groups in total. The second-order valence-corrected chi connectivity index (χ2v) is 7.14. The summed E-state index contributed by atoms with van der Waals surface area (Å²) in [6.45, 7) is 0. The lowest BCUT2D eigenvalue weighted by Crippen LogP contribution is -2.17. The van der Waals surface area contributed by atoms with Gasteiger partial charge < -0.3 is 5.32 Å². The number of benzene rings is 2. The number of carbonyl (C=O) groups is 2. The van der Waals surface area contributed by atoms with E-state index in [0.29, 0.717) is 26.7 Å². The van der Waals surface area contributed by atoms with Crippen LogP contribution in [0.5, 0.6) is 0 Å². The summed E-state index contributed by atoms with van der Waals surface area (Å²) in [6.07, 6.45) is 1.33. The fourth-order valence-electron chi connectivity index (χ4n) is 2.28. The van der Waals surface area contributed by atoms with Crippen LogP contribution in [-0.2, 0) is 0 Å². The zero-order chi connectivity index (χ0) is 20.8. The molecule has 3 rings (SSSR count). The van der Waals surface area contributed by atoms with Crippen LogP contribution in [0.15, 0.2) is 65.8 Å². The Morgan fingerprint density at radius 2 is 1.76 bits per heavy atom. The first kappa shape index (κ1) is 20.2. The maximum absolute atomic E-state index is 12.2. The Morgan fingerprint density at radius 3 is 2.41 bits per heavy atom. The third kappa shape index (κ3) is 5.24. The minimum absolute atomic E-state index is 0.00722. The smallest absolute Gasteiger partial charge is 0.322 e. The van der Waals surface area contributed by atoms with Crippen LogP contribution in [-0.4, -0.2) is 23.0 Å². The fourth-order valence-corrected chi connectivity index (χ4v) is 3.19. The van der Waals surface area contributed by atoms with Gasteiger partial charge in [0.1, 0.15) is 0 Å². The third-order valence-corrected chi connectivity index (χ3v) is 4.97. The minimum Gasteiger partial charge on any atom is -0.322 e. The minimum atomic E-state index is -0.493. The highest BCUT2D eigenvalue weighted by Crippen LogP contribution is 2.22. The number of hydrazone groups is 1. The molecule has 0 aliphatic carbocycles. The lowest BCUT2D eigenvalue weighted by molar-refractivity contribution is -0.380. The molecule has 1 aromatic heterocycles. The number of carbonyl (C=O) groups excluding carboxylic acids is 2. The number of thiophene rings is 1. The Bertz CT molecular complexity index is 1100. The van der Waals surface area contributed by atoms with Crippen molar-refractivity contribution in [2.75, 3.05) is 5.32 Å². The van der Waals surface area contributed by atoms with Crippen molar-refractivity contribution in [3.8, 4) is 0 Å². The van der Waals surface area contributed by atoms with Gasteiger partial charge in [-0.2, -0.15) is 5.10 Å². The Kier molecular flexibility index (Phi) is 6.32. The molecule has 0 unspecified atom stereocenters. The molecule has 3 aromatic rings. The van der Waals surface area contributed by atoms with Gasteiger partial charge in [-0.3, -0.25) is 19.7 Å². The molecule has 29 heavy (non-hydrogen) atoms. The van der Waals surface area contributed by atoms with Gasteiger partial charge in [-0.05, 0) is 42.5 Å². The summed E-state index contributed by atoms with van der Waals surface area (Å²) >= 11 is 6.95. The standard InChI is InChI=1S/C19H13ClN4O4S/c20-16-4-2-1-3-15(16)19(26)22-13-7-5-12(6-8-13)18(25)23-21-11-14-9-10-17(29-14)24(27)28/h1-11H,(H,22,26)(H,23,25)/b21-11-. The van der Waals surface area contributed by atoms with Crippen LogP contribution in [0, 0.1) is 10.1 Å². The van der Waals surface area contributed by atoms with E-state index in [4.69, 9.17) is 11.6 Å². The van der Waals surface area contributed by atoms with Crippen molar-refractivity contribution in [3.63, 3.8) is 0 Å². The van der Waals surface area contributed by atoms with Crippen molar-refractivity contribution >= 4 is 51.7 Å². The van der Waals surface area contributed by atoms with Crippen LogP contribution in [0.3, 0.4) is 0 Å². The number of nitrogens with one attached hydrogen (secondary N) is 2. The molecule has 146 valence electrons. The van der Waals surface area contributed by atoms with E-state index in [0.717, 1.165) is 11.3 Å². The molecule has 0 radical (unpaired) electrons. The predicted octanol–water partition coefficient (Wildman–Crippen LogP) is 4.33. The van der Waals surface area contributed by atoms with E-state index in [-0.39, 0.29) is 10.9 Å². The number of nitrogens with zero attached hydrogens (tertiary/aromatic N) is 2. The van der Waals surface area contributed by atoms with Gasteiger partial charge in [0.05, 0.1) is 26.6 Å². The van der Waals surface area contributed by atoms with E-state index in [1.807, 2.05) is 0 Å². The molecule has 8 nitrogen and oxygen atoms in total. The van der Waals surface area contributed by atoms with Gasteiger partial charge in [0.2, 0.25) is 0 Å². The molecule has 10 heteroatoms. The van der Waals surface area contributed by atoms with Crippen LogP contribution in [0.25, 0.3) is 0 Å². The Morgan fingerprint density at radius 1 is 1.03 bits per heavy atom. The average molecular weight is 429 g/mol. The highest BCUT2D eigenvalue weighted by molar-refractivity contribution is 7.16. The van der Waals surface area contributed by atoms with E-state index in [1.54, 1.807) is 36.4 Å². The summed E-state index contributed by atoms with van der Waals surface area (Å²) in [5.74, 6) is -0.821. The van der Waals surface area contributed by atoms with Crippen LogP contribution < -0.4 is 10.7 Å². The molecule has 0 aliphatic heterocycles. The maximum Gasteiger partial charge on any atom is 0.324 e. The SMILES string of the molecule is O=C(N/N=C\c1ccc([N+](=O)[O-])s1)c1ccc(NC(=O)c2ccccc2Cl)cc1. The van der Waals surface area contributed by atoms with Gasteiger partial charge in [-0.15, -0.1) is 0 Å². The van der Waals surface area contributed by atoms with Gasteiger partial charge in [0, 0.05) is 17.3 Å². The molecule has 2 aromatic carbocycles. The lowest BCUT2D eigenvalue weighted by Gasteiger charge is -2.07. The maximum atomic E-state index is 12.2. The summed E-state index contributed by atoms with van der Waals surface area (Å²) in [7, 11) is 0. The summed E-state index contributed by atoms with van der Waals surface area (Å²) in [5, 5.41) is 17.5. The molecule has 0 aliphatic rings. The Hall–Kier alpha value is -3.56. The second-order valence-electron chi connectivity index (χ2n) is 5.64. The predicted molar refractivity (Wildman–Crippen MR) is 112 cm³/mol. The van der Waals surface area contributed by atoms with Gasteiger partial charge in [0.25, 0.3) is 11.8 Å². The number of amides is 2. The van der Waals surface area contributed by atoms with Crippen molar-refractivity contribution < 1.29 is 14.5 Å². The summed E-state index contributed by atoms with van der Waals surface area (Å²) in [4.78, 5) is 35.0. The Labute approximate surface area is 174 Å². The van der Waals surface area contributed by atoms with Crippen molar-refractivity contribution in [3.05, 3.63) is 91.8 Å². The third-order valence-electron chi connectivity index (χ3n) is 3.67. The molecule has 0 spiro atoms. The number of rotatable bonds is 6. The average Bonchev–Trinajstić information content (AvgIpc) is 3.18. The van der Waals surface area contributed by atoms with E-state index >= 15 is 0 Å². The van der Waals surface area contributed by atoms with Crippen LogP contribution in [0.4, 0.5) is 10.7 Å². The quantitative estimate of drug-likeness (QED) is 0.345. The number of hydrogen-bond donors (Lipinski definition) is 2. The van der Waals surface area contributed by atoms with E-state index in [9.17, 15) is 19.7 Å². The molecular formula is C19H13ClN4O4S. The summed E-state index contributed by atoms with van der Waals surface area (Å²) in [5.41, 5.74) is 3.52. The first-order valence-corrected chi connectivity index (χ1v) is 9.37. The van der Waals surface area contributed by atoms with Gasteiger partial charge in [-0.25, -0.2) is 5.43 Å². The lowest BCUT2D eigenvalue weighted by atomic mass is 10.1. The molecule has 0 atom stereocenters. The van der Waals surface area contributed by atoms with E-state index in [1.165, 1.54) is 30.5 Å². The van der Waals surface area contributed by atoms with E-state index < -0.39 is 10.8 Å². The van der Waals surface area contributed by atoms with Crippen molar-refractivity contribution in [1.82, 2.24) is 5.43 Å². The normalized spacial score (nSPS) is 10.7. The van der Waals surface area contributed by atoms with Gasteiger partial charge in [0.15, 0.2) is 0 Å². The second kappa shape index (κ2) is 9.09. The fraction of sp³-hybridized carbons (Fsp3) is 0. The van der Waals surface area contributed by atoms with Gasteiger partial charge >= 0.3 is 5.00 Å². The molecule has 0 bridgehead atoms. The monoisotopic (exact) mass is 428 g/mol. The van der Waals surface area contributed by atoms with Crippen LogP contribution >= 0.6 is 22.9 Å². The summed E-state index contributed by atoms with van der Waals surface area (Å²) < 4.78 is 0. The van der Waals surface area contributed by atoms with Crippen molar-refractivity contribution in [1.29, 1.82) is 0 Å². The molecule has 0 fully saturated rings. The molecule has 0 saturated carbocycles. The molecule has 0 saturated heterocycles. The largest absolute Gasteiger partial charge is 0.324 e.